The molecule has 138 valence electrons. The van der Waals surface area contributed by atoms with Crippen LogP contribution in [0.2, 0.25) is 0 Å². The van der Waals surface area contributed by atoms with Gasteiger partial charge >= 0.3 is 12.1 Å². The van der Waals surface area contributed by atoms with Crippen molar-refractivity contribution >= 4 is 11.9 Å². The van der Waals surface area contributed by atoms with Crippen LogP contribution in [0.15, 0.2) is 24.3 Å². The van der Waals surface area contributed by atoms with Crippen LogP contribution in [0.1, 0.15) is 18.9 Å². The maximum Gasteiger partial charge on any atom is 0.419 e. The number of amides is 1. The molecule has 6 nitrogen and oxygen atoms in total. The van der Waals surface area contributed by atoms with Crippen molar-refractivity contribution in [3.63, 3.8) is 0 Å². The lowest BCUT2D eigenvalue weighted by Crippen LogP contribution is -2.50. The van der Waals surface area contributed by atoms with Crippen LogP contribution in [0.3, 0.4) is 0 Å². The number of ether oxygens (including phenoxy) is 2. The van der Waals surface area contributed by atoms with Crippen LogP contribution in [-0.4, -0.2) is 53.8 Å². The van der Waals surface area contributed by atoms with E-state index in [1.54, 1.807) is 0 Å². The Bertz CT molecular complexity index is 634. The van der Waals surface area contributed by atoms with Gasteiger partial charge in [-0.2, -0.15) is 13.2 Å². The molecule has 0 aliphatic carbocycles. The van der Waals surface area contributed by atoms with E-state index in [0.717, 1.165) is 12.1 Å². The molecule has 0 radical (unpaired) electrons. The zero-order valence-electron chi connectivity index (χ0n) is 13.5. The Labute approximate surface area is 142 Å². The minimum Gasteiger partial charge on any atom is -0.481 e. The first kappa shape index (κ1) is 19.0. The normalized spacial score (nSPS) is 19.4. The van der Waals surface area contributed by atoms with E-state index < -0.39 is 41.6 Å². The Morgan fingerprint density at radius 1 is 1.40 bits per heavy atom. The number of para-hydroxylation sites is 1. The van der Waals surface area contributed by atoms with Crippen molar-refractivity contribution in [2.24, 2.45) is 0 Å². The molecule has 2 rings (SSSR count). The molecule has 1 amide bonds. The molecule has 1 aliphatic rings. The lowest BCUT2D eigenvalue weighted by Gasteiger charge is -2.34. The second kappa shape index (κ2) is 7.73. The van der Waals surface area contributed by atoms with Gasteiger partial charge in [-0.15, -0.1) is 0 Å². The number of carboxylic acids is 1. The van der Waals surface area contributed by atoms with Crippen molar-refractivity contribution in [2.45, 2.75) is 31.7 Å². The Balaban J connectivity index is 2.05. The van der Waals surface area contributed by atoms with Crippen LogP contribution in [0.25, 0.3) is 0 Å². The molecule has 1 heterocycles. The van der Waals surface area contributed by atoms with E-state index in [1.807, 2.05) is 0 Å². The third kappa shape index (κ3) is 5.09. The fourth-order valence-corrected chi connectivity index (χ4v) is 2.54. The second-order valence-electron chi connectivity index (χ2n) is 5.63. The van der Waals surface area contributed by atoms with Gasteiger partial charge in [0.05, 0.1) is 24.7 Å². The molecule has 0 bridgehead atoms. The maximum absolute atomic E-state index is 13.0. The Morgan fingerprint density at radius 3 is 2.72 bits per heavy atom. The van der Waals surface area contributed by atoms with Crippen molar-refractivity contribution in [1.29, 1.82) is 0 Å². The summed E-state index contributed by atoms with van der Waals surface area (Å²) >= 11 is 0. The van der Waals surface area contributed by atoms with E-state index in [-0.39, 0.29) is 26.1 Å². The Kier molecular flexibility index (Phi) is 5.89. The lowest BCUT2D eigenvalue weighted by atomic mass is 10.1. The number of benzene rings is 1. The fraction of sp³-hybridized carbons (Fsp3) is 0.500. The van der Waals surface area contributed by atoms with Gasteiger partial charge in [-0.25, -0.2) is 0 Å². The molecule has 0 spiro atoms. The predicted octanol–water partition coefficient (Wildman–Crippen LogP) is 2.17. The van der Waals surface area contributed by atoms with Gasteiger partial charge in [0.1, 0.15) is 5.75 Å². The molecule has 0 aromatic heterocycles. The number of morpholine rings is 1. The second-order valence-corrected chi connectivity index (χ2v) is 5.63. The van der Waals surface area contributed by atoms with Crippen molar-refractivity contribution in [1.82, 2.24) is 4.90 Å². The number of carbonyl (C=O) groups is 2. The van der Waals surface area contributed by atoms with E-state index in [0.29, 0.717) is 0 Å². The standard InChI is InChI=1S/C16H18F3NO5/c1-10(25-13-5-3-2-4-12(13)16(17,18)19)15(23)20-6-7-24-11(9-20)8-14(21)22/h2-5,10-11H,6-9H2,1H3,(H,21,22). The summed E-state index contributed by atoms with van der Waals surface area (Å²) in [6.45, 7) is 1.80. The van der Waals surface area contributed by atoms with Gasteiger partial charge in [-0.1, -0.05) is 12.1 Å². The number of carboxylic acid groups (broad SMARTS) is 1. The number of hydrogen-bond donors (Lipinski definition) is 1. The van der Waals surface area contributed by atoms with Crippen LogP contribution in [0, 0.1) is 0 Å². The SMILES string of the molecule is CC(Oc1ccccc1C(F)(F)F)C(=O)N1CCOC(CC(=O)O)C1. The summed E-state index contributed by atoms with van der Waals surface area (Å²) in [5.74, 6) is -2.00. The zero-order valence-corrected chi connectivity index (χ0v) is 13.5. The number of aliphatic carboxylic acids is 1. The smallest absolute Gasteiger partial charge is 0.419 e. The molecule has 1 N–H and O–H groups in total. The van der Waals surface area contributed by atoms with E-state index in [4.69, 9.17) is 14.6 Å². The minimum absolute atomic E-state index is 0.0553. The summed E-state index contributed by atoms with van der Waals surface area (Å²) in [5, 5.41) is 8.79. The van der Waals surface area contributed by atoms with Gasteiger partial charge in [0, 0.05) is 13.1 Å². The average molecular weight is 361 g/mol. The molecule has 2 unspecified atom stereocenters. The number of halogens is 3. The van der Waals surface area contributed by atoms with Crippen LogP contribution in [-0.2, 0) is 20.5 Å². The van der Waals surface area contributed by atoms with Gasteiger partial charge in [0.25, 0.3) is 5.91 Å². The Morgan fingerprint density at radius 2 is 2.08 bits per heavy atom. The van der Waals surface area contributed by atoms with E-state index in [9.17, 15) is 22.8 Å². The van der Waals surface area contributed by atoms with E-state index in [1.165, 1.54) is 24.0 Å². The number of nitrogens with zero attached hydrogens (tertiary/aromatic N) is 1. The predicted molar refractivity (Wildman–Crippen MR) is 80.1 cm³/mol. The molecule has 25 heavy (non-hydrogen) atoms. The molecule has 2 atom stereocenters. The van der Waals surface area contributed by atoms with Gasteiger partial charge in [0.2, 0.25) is 0 Å². The third-order valence-electron chi connectivity index (χ3n) is 3.70. The highest BCUT2D eigenvalue weighted by atomic mass is 19.4. The van der Waals surface area contributed by atoms with Crippen LogP contribution in [0.4, 0.5) is 13.2 Å². The summed E-state index contributed by atoms with van der Waals surface area (Å²) in [5.41, 5.74) is -0.958. The summed E-state index contributed by atoms with van der Waals surface area (Å²) < 4.78 is 49.4. The monoisotopic (exact) mass is 361 g/mol. The largest absolute Gasteiger partial charge is 0.481 e. The molecule has 0 saturated carbocycles. The van der Waals surface area contributed by atoms with Gasteiger partial charge in [-0.3, -0.25) is 9.59 Å². The summed E-state index contributed by atoms with van der Waals surface area (Å²) in [4.78, 5) is 24.5. The van der Waals surface area contributed by atoms with E-state index >= 15 is 0 Å². The Hall–Kier alpha value is -2.29. The number of alkyl halides is 3. The molecule has 1 aliphatic heterocycles. The van der Waals surface area contributed by atoms with Crippen LogP contribution >= 0.6 is 0 Å². The summed E-state index contributed by atoms with van der Waals surface area (Å²) in [6.07, 6.45) is -6.64. The molecule has 9 heteroatoms. The third-order valence-corrected chi connectivity index (χ3v) is 3.70. The zero-order chi connectivity index (χ0) is 18.6. The number of rotatable bonds is 5. The van der Waals surface area contributed by atoms with Crippen molar-refractivity contribution < 1.29 is 37.3 Å². The lowest BCUT2D eigenvalue weighted by molar-refractivity contribution is -0.152. The average Bonchev–Trinajstić information content (AvgIpc) is 2.53. The highest BCUT2D eigenvalue weighted by molar-refractivity contribution is 5.81. The quantitative estimate of drug-likeness (QED) is 0.870. The van der Waals surface area contributed by atoms with E-state index in [2.05, 4.69) is 0 Å². The number of hydrogen-bond acceptors (Lipinski definition) is 4. The molecular weight excluding hydrogens is 343 g/mol. The topological polar surface area (TPSA) is 76.1 Å². The molecule has 1 saturated heterocycles. The summed E-state index contributed by atoms with van der Waals surface area (Å²) in [7, 11) is 0. The molecule has 1 fully saturated rings. The van der Waals surface area contributed by atoms with Crippen LogP contribution in [0.5, 0.6) is 5.75 Å². The maximum atomic E-state index is 13.0. The first-order valence-electron chi connectivity index (χ1n) is 7.63. The molecular formula is C16H18F3NO5. The molecule has 1 aromatic rings. The van der Waals surface area contributed by atoms with Crippen molar-refractivity contribution in [3.8, 4) is 5.75 Å². The highest BCUT2D eigenvalue weighted by Crippen LogP contribution is 2.36. The summed E-state index contributed by atoms with van der Waals surface area (Å²) in [6, 6.07) is 4.66. The van der Waals surface area contributed by atoms with Gasteiger partial charge < -0.3 is 19.5 Å². The first-order valence-corrected chi connectivity index (χ1v) is 7.63. The number of carbonyl (C=O) groups excluding carboxylic acids is 1. The minimum atomic E-state index is -4.59. The van der Waals surface area contributed by atoms with Crippen molar-refractivity contribution in [3.05, 3.63) is 29.8 Å². The first-order chi connectivity index (χ1) is 11.7. The fourth-order valence-electron chi connectivity index (χ4n) is 2.54. The van der Waals surface area contributed by atoms with Gasteiger partial charge in [-0.05, 0) is 19.1 Å². The highest BCUT2D eigenvalue weighted by Gasteiger charge is 2.35. The van der Waals surface area contributed by atoms with Crippen molar-refractivity contribution in [2.75, 3.05) is 19.7 Å². The van der Waals surface area contributed by atoms with Crippen LogP contribution < -0.4 is 4.74 Å². The molecule has 1 aromatic carbocycles. The van der Waals surface area contributed by atoms with Gasteiger partial charge in [0.15, 0.2) is 6.10 Å².